The van der Waals surface area contributed by atoms with Crippen molar-refractivity contribution in [3.05, 3.63) is 99.9 Å². The molecule has 0 radical (unpaired) electrons. The van der Waals surface area contributed by atoms with Crippen LogP contribution in [0, 0.1) is 53.0 Å². The number of halogens is 3. The molecule has 15 heteroatoms. The van der Waals surface area contributed by atoms with Crippen LogP contribution in [0.4, 0.5) is 13.2 Å². The second kappa shape index (κ2) is 20.3. The van der Waals surface area contributed by atoms with Crippen LogP contribution in [-0.4, -0.2) is 96.5 Å². The molecule has 6 rings (SSSR count). The molecule has 0 saturated carbocycles. The Labute approximate surface area is 341 Å². The van der Waals surface area contributed by atoms with Gasteiger partial charge < -0.3 is 40.9 Å². The van der Waals surface area contributed by atoms with E-state index in [1.165, 1.54) is 41.3 Å². The van der Waals surface area contributed by atoms with Crippen LogP contribution >= 0.6 is 0 Å². The molecule has 3 heterocycles. The second-order valence-corrected chi connectivity index (χ2v) is 16.3. The SMILES string of the molecule is O=C(O)C(Cc1cc(F)cc(CC(=O)N(CCOc2cc(F)cc(CC(C(=O)O)C3CCNC3)c2)Cc2cc(F)cc(CC(C(=O)O)C3CCNC3)c2)c1)C1CCNC1. The Hall–Kier alpha value is -4.99. The van der Waals surface area contributed by atoms with Crippen molar-refractivity contribution in [3.63, 3.8) is 0 Å². The first kappa shape index (κ1) is 43.6. The lowest BCUT2D eigenvalue weighted by atomic mass is 9.85. The summed E-state index contributed by atoms with van der Waals surface area (Å²) in [5.74, 6) is -7.64. The van der Waals surface area contributed by atoms with Crippen molar-refractivity contribution in [2.45, 2.75) is 51.5 Å². The van der Waals surface area contributed by atoms with Crippen LogP contribution in [0.25, 0.3) is 0 Å². The number of carbonyl (C=O) groups excluding carboxylic acids is 1. The van der Waals surface area contributed by atoms with Gasteiger partial charge in [0.1, 0.15) is 29.8 Å². The molecule has 3 aromatic rings. The van der Waals surface area contributed by atoms with E-state index in [1.54, 1.807) is 18.2 Å². The number of rotatable bonds is 20. The number of carboxylic acids is 3. The highest BCUT2D eigenvalue weighted by Crippen LogP contribution is 2.29. The van der Waals surface area contributed by atoms with E-state index in [-0.39, 0.29) is 68.9 Å². The van der Waals surface area contributed by atoms with E-state index < -0.39 is 59.0 Å². The van der Waals surface area contributed by atoms with Gasteiger partial charge in [0.2, 0.25) is 5.91 Å². The van der Waals surface area contributed by atoms with Crippen molar-refractivity contribution in [2.75, 3.05) is 52.4 Å². The molecule has 0 spiro atoms. The molecule has 3 aliphatic heterocycles. The zero-order chi connectivity index (χ0) is 42.1. The van der Waals surface area contributed by atoms with Gasteiger partial charge in [-0.1, -0.05) is 12.1 Å². The Morgan fingerprint density at radius 1 is 0.593 bits per heavy atom. The molecular formula is C44H53F3N4O8. The molecule has 3 fully saturated rings. The van der Waals surface area contributed by atoms with Crippen LogP contribution in [0.1, 0.15) is 47.1 Å². The molecule has 0 aliphatic carbocycles. The highest BCUT2D eigenvalue weighted by Gasteiger charge is 2.33. The number of nitrogens with zero attached hydrogens (tertiary/aromatic N) is 1. The summed E-state index contributed by atoms with van der Waals surface area (Å²) in [6, 6.07) is 12.4. The molecule has 0 bridgehead atoms. The van der Waals surface area contributed by atoms with Crippen LogP contribution < -0.4 is 20.7 Å². The zero-order valence-electron chi connectivity index (χ0n) is 32.9. The first-order chi connectivity index (χ1) is 28.3. The van der Waals surface area contributed by atoms with Crippen LogP contribution in [0.5, 0.6) is 5.75 Å². The van der Waals surface area contributed by atoms with Crippen molar-refractivity contribution in [1.29, 1.82) is 0 Å². The number of hydrogen-bond acceptors (Lipinski definition) is 8. The third kappa shape index (κ3) is 12.3. The first-order valence-electron chi connectivity index (χ1n) is 20.4. The predicted octanol–water partition coefficient (Wildman–Crippen LogP) is 4.31. The number of carbonyl (C=O) groups is 4. The fourth-order valence-electron chi connectivity index (χ4n) is 8.95. The Kier molecular flexibility index (Phi) is 15.0. The summed E-state index contributed by atoms with van der Waals surface area (Å²) < 4.78 is 51.0. The van der Waals surface area contributed by atoms with E-state index >= 15 is 8.78 Å². The number of hydrogen-bond donors (Lipinski definition) is 6. The van der Waals surface area contributed by atoms with Crippen molar-refractivity contribution >= 4 is 23.8 Å². The predicted molar refractivity (Wildman–Crippen MR) is 211 cm³/mol. The third-order valence-electron chi connectivity index (χ3n) is 12.0. The van der Waals surface area contributed by atoms with Gasteiger partial charge in [0, 0.05) is 12.6 Å². The Bertz CT molecular complexity index is 1970. The fourth-order valence-corrected chi connectivity index (χ4v) is 8.95. The van der Waals surface area contributed by atoms with E-state index in [0.717, 1.165) is 0 Å². The summed E-state index contributed by atoms with van der Waals surface area (Å²) in [6.07, 6.45) is 2.06. The van der Waals surface area contributed by atoms with Gasteiger partial charge in [0.15, 0.2) is 0 Å². The Morgan fingerprint density at radius 2 is 1.00 bits per heavy atom. The number of carboxylic acid groups (broad SMARTS) is 3. The van der Waals surface area contributed by atoms with E-state index in [4.69, 9.17) is 4.74 Å². The van der Waals surface area contributed by atoms with Gasteiger partial charge in [0.05, 0.1) is 30.7 Å². The van der Waals surface area contributed by atoms with Crippen LogP contribution in [0.2, 0.25) is 0 Å². The largest absolute Gasteiger partial charge is 0.492 e. The summed E-state index contributed by atoms with van der Waals surface area (Å²) in [7, 11) is 0. The van der Waals surface area contributed by atoms with Crippen molar-refractivity contribution in [3.8, 4) is 5.75 Å². The van der Waals surface area contributed by atoms with Gasteiger partial charge in [-0.05, 0) is 160 Å². The average Bonchev–Trinajstić information content (AvgIpc) is 3.99. The summed E-state index contributed by atoms with van der Waals surface area (Å²) in [6.45, 7) is 3.45. The minimum absolute atomic E-state index is 0.0640. The standard InChI is InChI=1S/C44H53F3N4O8/c45-34-11-26(17-38(42(53)54)31-1-4-48-22-31)9-28(13-34)20-41(52)51(25-30-10-27(12-35(46)15-30)18-39(43(55)56)32-2-5-49-23-32)7-8-59-37-16-29(14-36(47)21-37)19-40(44(57)58)33-3-6-50-24-33/h9-16,21,31-33,38-40,48-50H,1-8,17-20,22-25H2,(H,53,54)(H,55,56)(H,57,58). The Balaban J connectivity index is 1.21. The van der Waals surface area contributed by atoms with Gasteiger partial charge in [-0.15, -0.1) is 0 Å². The quantitative estimate of drug-likeness (QED) is 0.0958. The van der Waals surface area contributed by atoms with Gasteiger partial charge >= 0.3 is 17.9 Å². The average molecular weight is 823 g/mol. The highest BCUT2D eigenvalue weighted by atomic mass is 19.1. The molecule has 6 unspecified atom stereocenters. The van der Waals surface area contributed by atoms with E-state index in [1.807, 2.05) is 0 Å². The molecule has 6 atom stereocenters. The molecular weight excluding hydrogens is 769 g/mol. The molecule has 0 aromatic heterocycles. The topological polar surface area (TPSA) is 178 Å². The number of ether oxygens (including phenoxy) is 1. The molecule has 3 aliphatic rings. The van der Waals surface area contributed by atoms with Gasteiger partial charge in [-0.25, -0.2) is 13.2 Å². The van der Waals surface area contributed by atoms with Crippen molar-refractivity contribution in [1.82, 2.24) is 20.9 Å². The van der Waals surface area contributed by atoms with E-state index in [0.29, 0.717) is 86.3 Å². The van der Waals surface area contributed by atoms with Gasteiger partial charge in [-0.3, -0.25) is 19.2 Å². The fraction of sp³-hybridized carbons (Fsp3) is 0.500. The molecule has 1 amide bonds. The minimum Gasteiger partial charge on any atom is -0.492 e. The smallest absolute Gasteiger partial charge is 0.307 e. The third-order valence-corrected chi connectivity index (χ3v) is 12.0. The van der Waals surface area contributed by atoms with Crippen LogP contribution in [0.15, 0.2) is 54.6 Å². The molecule has 318 valence electrons. The number of benzene rings is 3. The number of aliphatic carboxylic acids is 3. The van der Waals surface area contributed by atoms with E-state index in [2.05, 4.69) is 16.0 Å². The van der Waals surface area contributed by atoms with Crippen molar-refractivity contribution < 1.29 is 52.4 Å². The summed E-state index contributed by atoms with van der Waals surface area (Å²) >= 11 is 0. The maximum absolute atomic E-state index is 15.2. The summed E-state index contributed by atoms with van der Waals surface area (Å²) in [5, 5.41) is 39.4. The molecule has 12 nitrogen and oxygen atoms in total. The molecule has 3 aromatic carbocycles. The number of nitrogens with one attached hydrogen (secondary N) is 3. The maximum atomic E-state index is 15.2. The lowest BCUT2D eigenvalue weighted by Gasteiger charge is -2.25. The van der Waals surface area contributed by atoms with Crippen LogP contribution in [0.3, 0.4) is 0 Å². The van der Waals surface area contributed by atoms with Crippen molar-refractivity contribution in [2.24, 2.45) is 35.5 Å². The van der Waals surface area contributed by atoms with Crippen LogP contribution in [-0.2, 0) is 51.4 Å². The van der Waals surface area contributed by atoms with Gasteiger partial charge in [0.25, 0.3) is 0 Å². The lowest BCUT2D eigenvalue weighted by Crippen LogP contribution is -2.35. The minimum atomic E-state index is -0.978. The summed E-state index contributed by atoms with van der Waals surface area (Å²) in [5.41, 5.74) is 2.07. The molecule has 3 saturated heterocycles. The molecule has 6 N–H and O–H groups in total. The zero-order valence-corrected chi connectivity index (χ0v) is 32.9. The van der Waals surface area contributed by atoms with E-state index in [9.17, 15) is 38.9 Å². The highest BCUT2D eigenvalue weighted by molar-refractivity contribution is 5.79. The summed E-state index contributed by atoms with van der Waals surface area (Å²) in [4.78, 5) is 52.0. The monoisotopic (exact) mass is 822 g/mol. The normalized spacial score (nSPS) is 20.6. The molecule has 59 heavy (non-hydrogen) atoms. The Morgan fingerprint density at radius 3 is 1.44 bits per heavy atom. The van der Waals surface area contributed by atoms with Gasteiger partial charge in [-0.2, -0.15) is 0 Å². The number of amides is 1. The second-order valence-electron chi connectivity index (χ2n) is 16.3. The lowest BCUT2D eigenvalue weighted by molar-refractivity contribution is -0.144. The maximum Gasteiger partial charge on any atom is 0.307 e. The first-order valence-corrected chi connectivity index (χ1v) is 20.4.